The fourth-order valence-electron chi connectivity index (χ4n) is 2.73. The van der Waals surface area contributed by atoms with Crippen LogP contribution in [-0.2, 0) is 16.0 Å². The van der Waals surface area contributed by atoms with Gasteiger partial charge in [-0.1, -0.05) is 19.0 Å². The van der Waals surface area contributed by atoms with Crippen molar-refractivity contribution < 1.29 is 14.1 Å². The van der Waals surface area contributed by atoms with Crippen LogP contribution in [0, 0.1) is 0 Å². The van der Waals surface area contributed by atoms with Gasteiger partial charge in [-0.2, -0.15) is 4.98 Å². The summed E-state index contributed by atoms with van der Waals surface area (Å²) in [7, 11) is 0. The van der Waals surface area contributed by atoms with E-state index in [0.717, 1.165) is 19.6 Å². The highest BCUT2D eigenvalue weighted by atomic mass is 16.5. The molecule has 0 saturated carbocycles. The van der Waals surface area contributed by atoms with Crippen LogP contribution in [0.1, 0.15) is 51.7 Å². The monoisotopic (exact) mass is 324 g/mol. The lowest BCUT2D eigenvalue weighted by Gasteiger charge is -2.35. The van der Waals surface area contributed by atoms with Crippen molar-refractivity contribution in [2.24, 2.45) is 0 Å². The molecule has 0 aromatic carbocycles. The Bertz CT molecular complexity index is 493. The molecule has 0 bridgehead atoms. The van der Waals surface area contributed by atoms with E-state index >= 15 is 0 Å². The minimum absolute atomic E-state index is 0.0173. The molecule has 23 heavy (non-hydrogen) atoms. The van der Waals surface area contributed by atoms with E-state index in [-0.39, 0.29) is 24.0 Å². The number of nitrogens with one attached hydrogen (secondary N) is 1. The van der Waals surface area contributed by atoms with Gasteiger partial charge < -0.3 is 14.6 Å². The van der Waals surface area contributed by atoms with E-state index in [1.54, 1.807) is 0 Å². The van der Waals surface area contributed by atoms with Gasteiger partial charge in [0.2, 0.25) is 11.8 Å². The Hall–Kier alpha value is -1.47. The lowest BCUT2D eigenvalue weighted by molar-refractivity contribution is -0.121. The molecular formula is C16H28N4O3. The molecule has 1 aliphatic heterocycles. The quantitative estimate of drug-likeness (QED) is 0.815. The molecule has 2 heterocycles. The summed E-state index contributed by atoms with van der Waals surface area (Å²) < 4.78 is 10.8. The zero-order chi connectivity index (χ0) is 16.8. The van der Waals surface area contributed by atoms with E-state index in [2.05, 4.69) is 34.2 Å². The number of ether oxygens (including phenoxy) is 1. The van der Waals surface area contributed by atoms with Crippen molar-refractivity contribution in [3.8, 4) is 0 Å². The maximum absolute atomic E-state index is 11.9. The van der Waals surface area contributed by atoms with Crippen molar-refractivity contribution in [2.75, 3.05) is 26.2 Å². The highest BCUT2D eigenvalue weighted by molar-refractivity contribution is 5.75. The first-order chi connectivity index (χ1) is 10.9. The van der Waals surface area contributed by atoms with Crippen molar-refractivity contribution >= 4 is 5.91 Å². The van der Waals surface area contributed by atoms with Crippen LogP contribution >= 0.6 is 0 Å². The standard InChI is InChI=1S/C16H28N4O3/c1-11(2)16-18-15(23-19-16)6-5-14(21)17-7-8-20-9-12(3)22-13(4)10-20/h11-13H,5-10H2,1-4H3,(H,17,21)/t12-,13+. The number of hydrogen-bond donors (Lipinski definition) is 1. The molecule has 2 rings (SSSR count). The van der Waals surface area contributed by atoms with Crippen LogP contribution in [0.5, 0.6) is 0 Å². The molecule has 7 heteroatoms. The molecule has 1 saturated heterocycles. The average molecular weight is 324 g/mol. The third-order valence-corrected chi connectivity index (χ3v) is 3.81. The number of amides is 1. The van der Waals surface area contributed by atoms with Gasteiger partial charge in [0.15, 0.2) is 5.82 Å². The van der Waals surface area contributed by atoms with Crippen LogP contribution in [0.25, 0.3) is 0 Å². The van der Waals surface area contributed by atoms with Crippen molar-refractivity contribution in [2.45, 2.75) is 58.7 Å². The SMILES string of the molecule is CC(C)c1noc(CCC(=O)NCCN2C[C@@H](C)O[C@@H](C)C2)n1. The fraction of sp³-hybridized carbons (Fsp3) is 0.812. The Kier molecular flexibility index (Phi) is 6.53. The molecule has 2 atom stereocenters. The Balaban J connectivity index is 1.63. The van der Waals surface area contributed by atoms with Gasteiger partial charge in [-0.3, -0.25) is 9.69 Å². The first kappa shape index (κ1) is 17.9. The van der Waals surface area contributed by atoms with E-state index < -0.39 is 0 Å². The summed E-state index contributed by atoms with van der Waals surface area (Å²) in [6.07, 6.45) is 1.36. The van der Waals surface area contributed by atoms with Crippen molar-refractivity contribution in [3.63, 3.8) is 0 Å². The average Bonchev–Trinajstić information content (AvgIpc) is 2.93. The first-order valence-electron chi connectivity index (χ1n) is 8.41. The smallest absolute Gasteiger partial charge is 0.227 e. The Morgan fingerprint density at radius 3 is 2.65 bits per heavy atom. The second-order valence-corrected chi connectivity index (χ2v) is 6.57. The van der Waals surface area contributed by atoms with Crippen molar-refractivity contribution in [1.82, 2.24) is 20.4 Å². The van der Waals surface area contributed by atoms with Crippen molar-refractivity contribution in [1.29, 1.82) is 0 Å². The first-order valence-corrected chi connectivity index (χ1v) is 8.41. The summed E-state index contributed by atoms with van der Waals surface area (Å²) in [5.74, 6) is 1.47. The van der Waals surface area contributed by atoms with Crippen LogP contribution in [0.3, 0.4) is 0 Å². The molecule has 1 aliphatic rings. The van der Waals surface area contributed by atoms with Gasteiger partial charge in [0, 0.05) is 44.9 Å². The Labute approximate surface area is 137 Å². The Morgan fingerprint density at radius 2 is 2.04 bits per heavy atom. The number of rotatable bonds is 7. The molecule has 1 fully saturated rings. The molecule has 1 amide bonds. The summed E-state index contributed by atoms with van der Waals surface area (Å²) in [5, 5.41) is 6.84. The topological polar surface area (TPSA) is 80.5 Å². The number of aryl methyl sites for hydroxylation is 1. The minimum Gasteiger partial charge on any atom is -0.373 e. The number of carbonyl (C=O) groups excluding carboxylic acids is 1. The van der Waals surface area contributed by atoms with Gasteiger partial charge in [-0.25, -0.2) is 0 Å². The number of nitrogens with zero attached hydrogens (tertiary/aromatic N) is 3. The van der Waals surface area contributed by atoms with Gasteiger partial charge in [0.1, 0.15) is 0 Å². The molecule has 0 unspecified atom stereocenters. The van der Waals surface area contributed by atoms with Crippen LogP contribution < -0.4 is 5.32 Å². The lowest BCUT2D eigenvalue weighted by atomic mass is 10.2. The van der Waals surface area contributed by atoms with E-state index in [4.69, 9.17) is 9.26 Å². The number of carbonyl (C=O) groups is 1. The molecule has 1 aromatic rings. The van der Waals surface area contributed by atoms with Crippen LogP contribution in [0.4, 0.5) is 0 Å². The molecular weight excluding hydrogens is 296 g/mol. The molecule has 1 aromatic heterocycles. The largest absolute Gasteiger partial charge is 0.373 e. The van der Waals surface area contributed by atoms with E-state index in [9.17, 15) is 4.79 Å². The third-order valence-electron chi connectivity index (χ3n) is 3.81. The summed E-state index contributed by atoms with van der Waals surface area (Å²) in [5.41, 5.74) is 0. The normalized spacial score (nSPS) is 22.5. The molecule has 0 spiro atoms. The summed E-state index contributed by atoms with van der Waals surface area (Å²) in [6, 6.07) is 0. The second-order valence-electron chi connectivity index (χ2n) is 6.57. The predicted octanol–water partition coefficient (Wildman–Crippen LogP) is 1.35. The van der Waals surface area contributed by atoms with Crippen molar-refractivity contribution in [3.05, 3.63) is 11.7 Å². The highest BCUT2D eigenvalue weighted by Gasteiger charge is 2.21. The number of morpholine rings is 1. The Morgan fingerprint density at radius 1 is 1.35 bits per heavy atom. The molecule has 0 radical (unpaired) electrons. The van der Waals surface area contributed by atoms with E-state index in [1.807, 2.05) is 13.8 Å². The van der Waals surface area contributed by atoms with Gasteiger partial charge in [-0.15, -0.1) is 0 Å². The zero-order valence-corrected chi connectivity index (χ0v) is 14.5. The summed E-state index contributed by atoms with van der Waals surface area (Å²) in [4.78, 5) is 18.5. The lowest BCUT2D eigenvalue weighted by Crippen LogP contribution is -2.47. The minimum atomic E-state index is 0.0173. The third kappa shape index (κ3) is 5.91. The maximum atomic E-state index is 11.9. The maximum Gasteiger partial charge on any atom is 0.227 e. The molecule has 130 valence electrons. The van der Waals surface area contributed by atoms with Crippen LogP contribution in [0.15, 0.2) is 4.52 Å². The van der Waals surface area contributed by atoms with Gasteiger partial charge >= 0.3 is 0 Å². The second kappa shape index (κ2) is 8.40. The summed E-state index contributed by atoms with van der Waals surface area (Å²) >= 11 is 0. The van der Waals surface area contributed by atoms with E-state index in [0.29, 0.717) is 31.1 Å². The van der Waals surface area contributed by atoms with Crippen LogP contribution in [0.2, 0.25) is 0 Å². The number of hydrogen-bond acceptors (Lipinski definition) is 6. The number of aromatic nitrogens is 2. The van der Waals surface area contributed by atoms with Gasteiger partial charge in [0.05, 0.1) is 12.2 Å². The molecule has 7 nitrogen and oxygen atoms in total. The molecule has 1 N–H and O–H groups in total. The fourth-order valence-corrected chi connectivity index (χ4v) is 2.73. The van der Waals surface area contributed by atoms with E-state index in [1.165, 1.54) is 0 Å². The zero-order valence-electron chi connectivity index (χ0n) is 14.5. The predicted molar refractivity (Wildman–Crippen MR) is 86.2 cm³/mol. The molecule has 0 aliphatic carbocycles. The van der Waals surface area contributed by atoms with Crippen LogP contribution in [-0.4, -0.2) is 59.3 Å². The van der Waals surface area contributed by atoms with Gasteiger partial charge in [0.25, 0.3) is 0 Å². The van der Waals surface area contributed by atoms with Gasteiger partial charge in [-0.05, 0) is 13.8 Å². The highest BCUT2D eigenvalue weighted by Crippen LogP contribution is 2.11. The summed E-state index contributed by atoms with van der Waals surface area (Å²) in [6.45, 7) is 11.5.